The van der Waals surface area contributed by atoms with Crippen molar-refractivity contribution in [2.24, 2.45) is 7.05 Å². The number of pyridine rings is 2. The molecule has 4 N–H and O–H groups in total. The summed E-state index contributed by atoms with van der Waals surface area (Å²) in [6.07, 6.45) is 9.76. The first-order valence-electron chi connectivity index (χ1n) is 14.2. The predicted octanol–water partition coefficient (Wildman–Crippen LogP) is 5.73. The number of anilines is 2. The molecular formula is C32H35Cl2N9O2. The molecule has 6 rings (SSSR count). The number of hydrogen-bond acceptors (Lipinski definition) is 10. The van der Waals surface area contributed by atoms with Crippen molar-refractivity contribution in [1.29, 1.82) is 0 Å². The van der Waals surface area contributed by atoms with Gasteiger partial charge >= 0.3 is 0 Å². The Hall–Kier alpha value is -4.48. The van der Waals surface area contributed by atoms with Crippen LogP contribution < -0.4 is 20.9 Å². The van der Waals surface area contributed by atoms with Crippen molar-refractivity contribution in [3.8, 4) is 11.5 Å². The fourth-order valence-corrected chi connectivity index (χ4v) is 6.29. The number of ether oxygens (including phenoxy) is 2. The van der Waals surface area contributed by atoms with Crippen molar-refractivity contribution >= 4 is 51.7 Å². The number of halogens is 2. The van der Waals surface area contributed by atoms with Gasteiger partial charge in [0, 0.05) is 71.9 Å². The first-order valence-corrected chi connectivity index (χ1v) is 14.9. The summed E-state index contributed by atoms with van der Waals surface area (Å²) in [6.45, 7) is 8.00. The van der Waals surface area contributed by atoms with Crippen LogP contribution in [0.25, 0.3) is 16.6 Å². The Morgan fingerprint density at radius 2 is 1.36 bits per heavy atom. The van der Waals surface area contributed by atoms with Crippen LogP contribution in [-0.4, -0.2) is 48.7 Å². The van der Waals surface area contributed by atoms with Gasteiger partial charge in [-0.15, -0.1) is 0 Å². The molecule has 0 amide bonds. The fraction of sp³-hybridized carbons (Fsp3) is 0.312. The lowest BCUT2D eigenvalue weighted by molar-refractivity contribution is 0.407. The smallest absolute Gasteiger partial charge is 0.222 e. The monoisotopic (exact) mass is 647 g/mol. The quantitative estimate of drug-likeness (QED) is 0.218. The van der Waals surface area contributed by atoms with E-state index in [1.165, 1.54) is 0 Å². The van der Waals surface area contributed by atoms with Crippen LogP contribution in [0.2, 0.25) is 10.3 Å². The standard InChI is InChI=1S/C16H18ClN5O.C16H17ClN4O/c1-8-6-19-11(9(2)14(8)23-4)5-10-7-22(3)13-12(10)20-16(18)21-15(13)17;1-8-7-19-12(9(2)14(8)22-3)6-10-4-5-11-13(10)20-16(18)21-15(11)17/h6-7H,5H2,1-4H3,(H2,18,20,21);4,7H,5-6H2,1-3H3,(H2,18,20,21). The molecule has 11 nitrogen and oxygen atoms in total. The molecule has 0 radical (unpaired) electrons. The summed E-state index contributed by atoms with van der Waals surface area (Å²) in [5, 5.41) is 0.785. The number of fused-ring (bicyclic) bond motifs is 2. The third-order valence-corrected chi connectivity index (χ3v) is 8.49. The van der Waals surface area contributed by atoms with E-state index >= 15 is 0 Å². The Labute approximate surface area is 271 Å². The van der Waals surface area contributed by atoms with E-state index in [9.17, 15) is 0 Å². The summed E-state index contributed by atoms with van der Waals surface area (Å²) < 4.78 is 12.8. The molecule has 5 aromatic rings. The van der Waals surface area contributed by atoms with Crippen molar-refractivity contribution < 1.29 is 9.47 Å². The number of nitrogens with zero attached hydrogens (tertiary/aromatic N) is 7. The van der Waals surface area contributed by atoms with Gasteiger partial charge in [0.1, 0.15) is 22.2 Å². The van der Waals surface area contributed by atoms with Crippen molar-refractivity contribution in [2.75, 3.05) is 25.7 Å². The van der Waals surface area contributed by atoms with Crippen LogP contribution in [0, 0.1) is 27.7 Å². The maximum Gasteiger partial charge on any atom is 0.222 e. The molecule has 0 fully saturated rings. The number of nitrogen functional groups attached to an aromatic ring is 2. The highest BCUT2D eigenvalue weighted by Gasteiger charge is 2.22. The lowest BCUT2D eigenvalue weighted by Crippen LogP contribution is -2.04. The number of allylic oxidation sites excluding steroid dienone is 2. The van der Waals surface area contributed by atoms with E-state index in [2.05, 4.69) is 36.0 Å². The van der Waals surface area contributed by atoms with E-state index in [0.717, 1.165) is 85.0 Å². The topological polar surface area (TPSA) is 153 Å². The van der Waals surface area contributed by atoms with Gasteiger partial charge in [-0.05, 0) is 39.7 Å². The van der Waals surface area contributed by atoms with Gasteiger partial charge < -0.3 is 25.5 Å². The average molecular weight is 649 g/mol. The van der Waals surface area contributed by atoms with Crippen molar-refractivity contribution in [3.05, 3.63) is 85.4 Å². The molecule has 0 saturated carbocycles. The normalized spacial score (nSPS) is 12.1. The molecule has 0 atom stereocenters. The Morgan fingerprint density at radius 1 is 0.800 bits per heavy atom. The average Bonchev–Trinajstić information content (AvgIpc) is 3.53. The number of nitrogens with two attached hydrogens (primary N) is 2. The van der Waals surface area contributed by atoms with Gasteiger partial charge in [0.25, 0.3) is 0 Å². The van der Waals surface area contributed by atoms with E-state index in [4.69, 9.17) is 44.1 Å². The summed E-state index contributed by atoms with van der Waals surface area (Å²) in [5.74, 6) is 2.11. The number of methoxy groups -OCH3 is 2. The summed E-state index contributed by atoms with van der Waals surface area (Å²) >= 11 is 12.3. The molecule has 1 aliphatic rings. The van der Waals surface area contributed by atoms with Crippen LogP contribution in [0.1, 0.15) is 50.5 Å². The molecule has 1 aliphatic carbocycles. The molecule has 5 aromatic heterocycles. The Balaban J connectivity index is 0.000000178. The molecule has 0 saturated heterocycles. The van der Waals surface area contributed by atoms with Crippen molar-refractivity contribution in [3.63, 3.8) is 0 Å². The molecule has 234 valence electrons. The van der Waals surface area contributed by atoms with Gasteiger partial charge in [-0.25, -0.2) is 15.0 Å². The largest absolute Gasteiger partial charge is 0.496 e. The number of hydrogen-bond donors (Lipinski definition) is 2. The van der Waals surface area contributed by atoms with Crippen LogP contribution in [0.15, 0.2) is 24.7 Å². The molecule has 0 spiro atoms. The molecule has 5 heterocycles. The summed E-state index contributed by atoms with van der Waals surface area (Å²) in [5.41, 5.74) is 22.8. The minimum Gasteiger partial charge on any atom is -0.496 e. The minimum atomic E-state index is 0.168. The molecule has 13 heteroatoms. The van der Waals surface area contributed by atoms with Crippen LogP contribution in [0.5, 0.6) is 11.5 Å². The number of aryl methyl sites for hydroxylation is 3. The zero-order valence-electron chi connectivity index (χ0n) is 26.3. The van der Waals surface area contributed by atoms with Gasteiger partial charge in [-0.1, -0.05) is 29.3 Å². The van der Waals surface area contributed by atoms with Crippen LogP contribution >= 0.6 is 23.2 Å². The van der Waals surface area contributed by atoms with Gasteiger partial charge in [0.2, 0.25) is 11.9 Å². The van der Waals surface area contributed by atoms with Gasteiger partial charge in [-0.2, -0.15) is 4.98 Å². The lowest BCUT2D eigenvalue weighted by atomic mass is 10.0. The summed E-state index contributed by atoms with van der Waals surface area (Å²) in [4.78, 5) is 25.8. The predicted molar refractivity (Wildman–Crippen MR) is 178 cm³/mol. The van der Waals surface area contributed by atoms with E-state index in [0.29, 0.717) is 23.1 Å². The van der Waals surface area contributed by atoms with E-state index in [1.54, 1.807) is 14.2 Å². The molecule has 0 aliphatic heterocycles. The van der Waals surface area contributed by atoms with Crippen LogP contribution in [0.3, 0.4) is 0 Å². The van der Waals surface area contributed by atoms with E-state index in [-0.39, 0.29) is 11.9 Å². The highest BCUT2D eigenvalue weighted by Crippen LogP contribution is 2.35. The first kappa shape index (κ1) is 31.9. The second-order valence-electron chi connectivity index (χ2n) is 10.9. The van der Waals surface area contributed by atoms with Gasteiger partial charge in [-0.3, -0.25) is 9.97 Å². The maximum atomic E-state index is 6.20. The zero-order valence-corrected chi connectivity index (χ0v) is 27.8. The second kappa shape index (κ2) is 12.9. The molecule has 45 heavy (non-hydrogen) atoms. The van der Waals surface area contributed by atoms with Crippen LogP contribution in [0.4, 0.5) is 11.9 Å². The van der Waals surface area contributed by atoms with Gasteiger partial charge in [0.15, 0.2) is 5.15 Å². The SMILES string of the molecule is COc1c(C)cnc(CC2=CCc3c(Cl)nc(N)nc32)c1C.COc1c(C)cnc(Cc2cn(C)c3c(Cl)nc(N)nc23)c1C. The second-order valence-corrected chi connectivity index (χ2v) is 11.6. The van der Waals surface area contributed by atoms with Crippen molar-refractivity contribution in [2.45, 2.75) is 47.0 Å². The molecule has 0 aromatic carbocycles. The lowest BCUT2D eigenvalue weighted by Gasteiger charge is -2.13. The Morgan fingerprint density at radius 3 is 1.96 bits per heavy atom. The number of rotatable bonds is 6. The maximum absolute atomic E-state index is 6.20. The highest BCUT2D eigenvalue weighted by atomic mass is 35.5. The Bertz CT molecular complexity index is 1970. The Kier molecular flexibility index (Phi) is 9.13. The third-order valence-electron chi connectivity index (χ3n) is 7.91. The van der Waals surface area contributed by atoms with Crippen LogP contribution in [-0.2, 0) is 26.3 Å². The molecule has 0 bridgehead atoms. The number of aromatic nitrogens is 7. The summed E-state index contributed by atoms with van der Waals surface area (Å²) in [7, 11) is 5.26. The van der Waals surface area contributed by atoms with E-state index in [1.807, 2.05) is 57.9 Å². The molecular weight excluding hydrogens is 613 g/mol. The minimum absolute atomic E-state index is 0.168. The third kappa shape index (κ3) is 6.23. The van der Waals surface area contributed by atoms with Crippen molar-refractivity contribution in [1.82, 2.24) is 34.5 Å². The summed E-state index contributed by atoms with van der Waals surface area (Å²) in [6, 6.07) is 0. The fourth-order valence-electron chi connectivity index (χ4n) is 5.73. The zero-order chi connectivity index (χ0) is 32.6. The molecule has 0 unspecified atom stereocenters. The van der Waals surface area contributed by atoms with Gasteiger partial charge in [0.05, 0.1) is 36.8 Å². The first-order chi connectivity index (χ1) is 21.4. The highest BCUT2D eigenvalue weighted by molar-refractivity contribution is 6.34. The van der Waals surface area contributed by atoms with E-state index < -0.39 is 0 Å².